The lowest BCUT2D eigenvalue weighted by molar-refractivity contribution is 0.609. The maximum Gasteiger partial charge on any atom is 0.254 e. The standard InChI is InChI=1S/C20H18N6O2S/c1-2-29(27,28)25-16-8-9-17-18(10-16)26(14-24-17)20-11-19(22-13-23-20)21-12-15-6-4-3-5-7-15/h2-11,13-14,25H,1,12H2,(H,21,22,23). The number of nitrogens with zero attached hydrogens (tertiary/aromatic N) is 4. The molecule has 0 atom stereocenters. The number of nitrogens with one attached hydrogen (secondary N) is 2. The van der Waals surface area contributed by atoms with Crippen molar-refractivity contribution in [2.45, 2.75) is 6.54 Å². The summed E-state index contributed by atoms with van der Waals surface area (Å²) in [5, 5.41) is 4.14. The van der Waals surface area contributed by atoms with E-state index in [-0.39, 0.29) is 0 Å². The van der Waals surface area contributed by atoms with Gasteiger partial charge in [-0.05, 0) is 23.8 Å². The maximum atomic E-state index is 11.8. The predicted octanol–water partition coefficient (Wildman–Crippen LogP) is 3.31. The molecule has 29 heavy (non-hydrogen) atoms. The molecule has 0 bridgehead atoms. The van der Waals surface area contributed by atoms with Crippen LogP contribution in [-0.4, -0.2) is 27.9 Å². The van der Waals surface area contributed by atoms with Gasteiger partial charge in [0, 0.05) is 18.0 Å². The van der Waals surface area contributed by atoms with Crippen molar-refractivity contribution in [3.8, 4) is 5.82 Å². The van der Waals surface area contributed by atoms with Crippen LogP contribution in [-0.2, 0) is 16.6 Å². The van der Waals surface area contributed by atoms with E-state index in [2.05, 4.69) is 31.6 Å². The van der Waals surface area contributed by atoms with Crippen molar-refractivity contribution in [2.24, 2.45) is 0 Å². The average Bonchev–Trinajstić information content (AvgIpc) is 3.16. The number of benzene rings is 2. The molecule has 8 nitrogen and oxygen atoms in total. The summed E-state index contributed by atoms with van der Waals surface area (Å²) in [6.07, 6.45) is 3.11. The van der Waals surface area contributed by atoms with Crippen LogP contribution in [0.3, 0.4) is 0 Å². The summed E-state index contributed by atoms with van der Waals surface area (Å²) in [6.45, 7) is 3.94. The van der Waals surface area contributed by atoms with Gasteiger partial charge in [-0.15, -0.1) is 0 Å². The monoisotopic (exact) mass is 406 g/mol. The van der Waals surface area contributed by atoms with E-state index in [1.807, 2.05) is 36.4 Å². The van der Waals surface area contributed by atoms with Crippen LogP contribution in [0.15, 0.2) is 79.2 Å². The highest BCUT2D eigenvalue weighted by molar-refractivity contribution is 7.95. The summed E-state index contributed by atoms with van der Waals surface area (Å²) in [7, 11) is -3.59. The van der Waals surface area contributed by atoms with E-state index < -0.39 is 10.0 Å². The molecule has 146 valence electrons. The van der Waals surface area contributed by atoms with Crippen molar-refractivity contribution in [3.63, 3.8) is 0 Å². The average molecular weight is 406 g/mol. The number of anilines is 2. The molecule has 2 aromatic carbocycles. The zero-order valence-corrected chi connectivity index (χ0v) is 16.2. The van der Waals surface area contributed by atoms with Crippen molar-refractivity contribution >= 4 is 32.6 Å². The molecule has 2 N–H and O–H groups in total. The minimum Gasteiger partial charge on any atom is -0.366 e. The predicted molar refractivity (Wildman–Crippen MR) is 113 cm³/mol. The van der Waals surface area contributed by atoms with Gasteiger partial charge < -0.3 is 5.32 Å². The maximum absolute atomic E-state index is 11.8. The van der Waals surface area contributed by atoms with Crippen LogP contribution in [0.25, 0.3) is 16.9 Å². The smallest absolute Gasteiger partial charge is 0.254 e. The lowest BCUT2D eigenvalue weighted by Crippen LogP contribution is -2.08. The first-order valence-corrected chi connectivity index (χ1v) is 10.3. The fraction of sp³-hybridized carbons (Fsp3) is 0.0500. The van der Waals surface area contributed by atoms with Crippen LogP contribution in [0.5, 0.6) is 0 Å². The fourth-order valence-corrected chi connectivity index (χ4v) is 3.36. The van der Waals surface area contributed by atoms with Gasteiger partial charge in [0.15, 0.2) is 0 Å². The Morgan fingerprint density at radius 1 is 1.03 bits per heavy atom. The van der Waals surface area contributed by atoms with Gasteiger partial charge in [-0.3, -0.25) is 9.29 Å². The zero-order chi connectivity index (χ0) is 20.3. The normalized spacial score (nSPS) is 11.3. The first-order chi connectivity index (χ1) is 14.0. The number of hydrogen-bond acceptors (Lipinski definition) is 6. The van der Waals surface area contributed by atoms with E-state index in [1.54, 1.807) is 29.1 Å². The third-order valence-corrected chi connectivity index (χ3v) is 5.20. The summed E-state index contributed by atoms with van der Waals surface area (Å²) in [5.41, 5.74) is 2.97. The highest BCUT2D eigenvalue weighted by atomic mass is 32.2. The second kappa shape index (κ2) is 7.72. The fourth-order valence-electron chi connectivity index (χ4n) is 2.82. The number of fused-ring (bicyclic) bond motifs is 1. The molecule has 0 aliphatic heterocycles. The molecule has 0 spiro atoms. The van der Waals surface area contributed by atoms with Gasteiger partial charge in [0.05, 0.1) is 16.7 Å². The molecule has 9 heteroatoms. The molecule has 0 saturated carbocycles. The Morgan fingerprint density at radius 3 is 2.66 bits per heavy atom. The van der Waals surface area contributed by atoms with Gasteiger partial charge in [0.1, 0.15) is 24.3 Å². The summed E-state index contributed by atoms with van der Waals surface area (Å²) in [4.78, 5) is 12.9. The Hall–Kier alpha value is -3.72. The molecule has 0 aliphatic carbocycles. The van der Waals surface area contributed by atoms with Crippen molar-refractivity contribution in [1.82, 2.24) is 19.5 Å². The van der Waals surface area contributed by atoms with Crippen molar-refractivity contribution in [1.29, 1.82) is 0 Å². The lowest BCUT2D eigenvalue weighted by Gasteiger charge is -2.09. The van der Waals surface area contributed by atoms with Gasteiger partial charge in [0.2, 0.25) is 0 Å². The third-order valence-electron chi connectivity index (χ3n) is 4.24. The van der Waals surface area contributed by atoms with E-state index in [9.17, 15) is 8.42 Å². The van der Waals surface area contributed by atoms with Gasteiger partial charge >= 0.3 is 0 Å². The zero-order valence-electron chi connectivity index (χ0n) is 15.4. The molecular formula is C20H18N6O2S. The van der Waals surface area contributed by atoms with E-state index in [4.69, 9.17) is 0 Å². The first kappa shape index (κ1) is 18.6. The Bertz CT molecular complexity index is 1270. The van der Waals surface area contributed by atoms with E-state index in [0.717, 1.165) is 11.0 Å². The molecule has 4 aromatic rings. The van der Waals surface area contributed by atoms with Crippen molar-refractivity contribution in [3.05, 3.63) is 84.8 Å². The number of hydrogen-bond donors (Lipinski definition) is 2. The van der Waals surface area contributed by atoms with Gasteiger partial charge in [-0.25, -0.2) is 23.4 Å². The Kier molecular flexibility index (Phi) is 4.96. The molecule has 0 saturated heterocycles. The third kappa shape index (κ3) is 4.25. The molecule has 0 aliphatic rings. The quantitative estimate of drug-likeness (QED) is 0.488. The number of sulfonamides is 1. The lowest BCUT2D eigenvalue weighted by atomic mass is 10.2. The van der Waals surface area contributed by atoms with Crippen LogP contribution in [0.4, 0.5) is 11.5 Å². The van der Waals surface area contributed by atoms with E-state index in [0.29, 0.717) is 34.9 Å². The molecule has 0 radical (unpaired) electrons. The molecular weight excluding hydrogens is 388 g/mol. The Balaban J connectivity index is 1.63. The minimum absolute atomic E-state index is 0.413. The molecule has 2 aromatic heterocycles. The van der Waals surface area contributed by atoms with Crippen LogP contribution < -0.4 is 10.0 Å². The first-order valence-electron chi connectivity index (χ1n) is 8.77. The number of rotatable bonds is 7. The molecule has 4 rings (SSSR count). The largest absolute Gasteiger partial charge is 0.366 e. The summed E-state index contributed by atoms with van der Waals surface area (Å²) in [5.74, 6) is 1.28. The molecule has 0 unspecified atom stereocenters. The Morgan fingerprint density at radius 2 is 1.86 bits per heavy atom. The van der Waals surface area contributed by atoms with Crippen LogP contribution in [0.1, 0.15) is 5.56 Å². The van der Waals surface area contributed by atoms with E-state index >= 15 is 0 Å². The molecule has 0 amide bonds. The summed E-state index contributed by atoms with van der Waals surface area (Å²) >= 11 is 0. The SMILES string of the molecule is C=CS(=O)(=O)Nc1ccc2ncn(-c3cc(NCc4ccccc4)ncn3)c2c1. The minimum atomic E-state index is -3.59. The van der Waals surface area contributed by atoms with Gasteiger partial charge in [-0.2, -0.15) is 0 Å². The van der Waals surface area contributed by atoms with Crippen molar-refractivity contribution in [2.75, 3.05) is 10.0 Å². The highest BCUT2D eigenvalue weighted by Crippen LogP contribution is 2.22. The summed E-state index contributed by atoms with van der Waals surface area (Å²) < 4.78 is 27.7. The molecule has 2 heterocycles. The second-order valence-electron chi connectivity index (χ2n) is 6.23. The van der Waals surface area contributed by atoms with Gasteiger partial charge in [0.25, 0.3) is 10.0 Å². The summed E-state index contributed by atoms with van der Waals surface area (Å²) in [6, 6.07) is 16.9. The number of aromatic nitrogens is 4. The van der Waals surface area contributed by atoms with E-state index in [1.165, 1.54) is 6.33 Å². The van der Waals surface area contributed by atoms with Crippen LogP contribution in [0, 0.1) is 0 Å². The Labute approximate surface area is 168 Å². The van der Waals surface area contributed by atoms with Crippen LogP contribution in [0.2, 0.25) is 0 Å². The number of imidazole rings is 1. The highest BCUT2D eigenvalue weighted by Gasteiger charge is 2.10. The molecule has 0 fully saturated rings. The van der Waals surface area contributed by atoms with Gasteiger partial charge in [-0.1, -0.05) is 36.9 Å². The van der Waals surface area contributed by atoms with Crippen LogP contribution >= 0.6 is 0 Å². The second-order valence-corrected chi connectivity index (χ2v) is 7.86. The topological polar surface area (TPSA) is 102 Å². The van der Waals surface area contributed by atoms with Crippen molar-refractivity contribution < 1.29 is 8.42 Å².